The summed E-state index contributed by atoms with van der Waals surface area (Å²) in [6.07, 6.45) is 0.603. The average molecular weight is 337 g/mol. The molecule has 0 heterocycles. The van der Waals surface area contributed by atoms with E-state index < -0.39 is 17.8 Å². The normalized spacial score (nSPS) is 11.8. The standard InChI is InChI=1S/C13H15Cl2FN2O3/c1-2-7(3-11(19)20)6-17-13(21)18-8-4-9(14)12(16)10(15)5-8/h4-5,7H,2-3,6H2,1H3,(H,19,20)(H2,17,18,21). The van der Waals surface area contributed by atoms with Crippen LogP contribution < -0.4 is 10.6 Å². The number of aliphatic carboxylic acids is 1. The van der Waals surface area contributed by atoms with E-state index in [9.17, 15) is 14.0 Å². The molecule has 0 aliphatic carbocycles. The summed E-state index contributed by atoms with van der Waals surface area (Å²) in [5.74, 6) is -1.83. The van der Waals surface area contributed by atoms with Crippen molar-refractivity contribution in [2.24, 2.45) is 5.92 Å². The van der Waals surface area contributed by atoms with E-state index in [0.29, 0.717) is 6.42 Å². The first-order valence-electron chi connectivity index (χ1n) is 6.24. The highest BCUT2D eigenvalue weighted by Crippen LogP contribution is 2.27. The lowest BCUT2D eigenvalue weighted by molar-refractivity contribution is -0.138. The second-order valence-corrected chi connectivity index (χ2v) is 5.28. The largest absolute Gasteiger partial charge is 0.481 e. The molecule has 1 aromatic rings. The van der Waals surface area contributed by atoms with Crippen LogP contribution in [0.5, 0.6) is 0 Å². The fourth-order valence-corrected chi connectivity index (χ4v) is 2.13. The summed E-state index contributed by atoms with van der Waals surface area (Å²) in [5, 5.41) is 13.3. The molecular formula is C13H15Cl2FN2O3. The summed E-state index contributed by atoms with van der Waals surface area (Å²) in [6.45, 7) is 2.06. The number of hydrogen-bond donors (Lipinski definition) is 3. The van der Waals surface area contributed by atoms with Gasteiger partial charge in [-0.3, -0.25) is 4.79 Å². The van der Waals surface area contributed by atoms with Gasteiger partial charge in [-0.1, -0.05) is 36.5 Å². The molecule has 0 saturated carbocycles. The molecule has 21 heavy (non-hydrogen) atoms. The molecule has 0 bridgehead atoms. The minimum Gasteiger partial charge on any atom is -0.481 e. The van der Waals surface area contributed by atoms with Crippen molar-refractivity contribution in [2.75, 3.05) is 11.9 Å². The Morgan fingerprint density at radius 1 is 1.33 bits per heavy atom. The minimum atomic E-state index is -0.916. The maximum atomic E-state index is 13.2. The number of rotatable bonds is 6. The third-order valence-electron chi connectivity index (χ3n) is 2.83. The van der Waals surface area contributed by atoms with Gasteiger partial charge in [0.2, 0.25) is 0 Å². The van der Waals surface area contributed by atoms with Crippen LogP contribution in [0.3, 0.4) is 0 Å². The Hall–Kier alpha value is -1.53. The Bertz CT molecular complexity index is 517. The minimum absolute atomic E-state index is 0.0228. The van der Waals surface area contributed by atoms with Crippen molar-refractivity contribution in [3.05, 3.63) is 28.0 Å². The fourth-order valence-electron chi connectivity index (χ4n) is 1.65. The monoisotopic (exact) mass is 336 g/mol. The third-order valence-corrected chi connectivity index (χ3v) is 3.38. The van der Waals surface area contributed by atoms with E-state index in [0.717, 1.165) is 0 Å². The Kier molecular flexibility index (Phi) is 6.71. The predicted octanol–water partition coefficient (Wildman–Crippen LogP) is 3.75. The molecule has 1 rings (SSSR count). The molecular weight excluding hydrogens is 322 g/mol. The number of benzene rings is 1. The van der Waals surface area contributed by atoms with Gasteiger partial charge in [0.15, 0.2) is 5.82 Å². The van der Waals surface area contributed by atoms with Gasteiger partial charge in [-0.2, -0.15) is 0 Å². The molecule has 0 aliphatic heterocycles. The van der Waals surface area contributed by atoms with E-state index in [1.165, 1.54) is 12.1 Å². The van der Waals surface area contributed by atoms with Crippen molar-refractivity contribution in [2.45, 2.75) is 19.8 Å². The Labute approximate surface area is 131 Å². The SMILES string of the molecule is CCC(CNC(=O)Nc1cc(Cl)c(F)c(Cl)c1)CC(=O)O. The second kappa shape index (κ2) is 8.05. The quantitative estimate of drug-likeness (QED) is 0.692. The van der Waals surface area contributed by atoms with Gasteiger partial charge in [0.05, 0.1) is 10.0 Å². The number of urea groups is 1. The van der Waals surface area contributed by atoms with Crippen LogP contribution in [0, 0.1) is 11.7 Å². The van der Waals surface area contributed by atoms with Crippen LogP contribution in [0.4, 0.5) is 14.9 Å². The number of carboxylic acids is 1. The molecule has 0 radical (unpaired) electrons. The average Bonchev–Trinajstić information content (AvgIpc) is 2.40. The molecule has 5 nitrogen and oxygen atoms in total. The molecule has 8 heteroatoms. The van der Waals surface area contributed by atoms with E-state index in [1.807, 2.05) is 6.92 Å². The Morgan fingerprint density at radius 2 is 1.90 bits per heavy atom. The summed E-state index contributed by atoms with van der Waals surface area (Å²) >= 11 is 11.2. The highest BCUT2D eigenvalue weighted by molar-refractivity contribution is 6.35. The Morgan fingerprint density at radius 3 is 2.38 bits per heavy atom. The van der Waals surface area contributed by atoms with Crippen LogP contribution in [-0.2, 0) is 4.79 Å². The van der Waals surface area contributed by atoms with Crippen LogP contribution in [0.15, 0.2) is 12.1 Å². The van der Waals surface area contributed by atoms with Gasteiger partial charge in [-0.15, -0.1) is 0 Å². The van der Waals surface area contributed by atoms with E-state index in [2.05, 4.69) is 10.6 Å². The van der Waals surface area contributed by atoms with Gasteiger partial charge in [0, 0.05) is 18.7 Å². The number of halogens is 3. The summed E-state index contributed by atoms with van der Waals surface area (Å²) in [7, 11) is 0. The zero-order valence-electron chi connectivity index (χ0n) is 11.3. The maximum absolute atomic E-state index is 13.2. The number of carboxylic acid groups (broad SMARTS) is 1. The van der Waals surface area contributed by atoms with Gasteiger partial charge in [0.1, 0.15) is 0 Å². The first kappa shape index (κ1) is 17.5. The number of hydrogen-bond acceptors (Lipinski definition) is 2. The smallest absolute Gasteiger partial charge is 0.319 e. The van der Waals surface area contributed by atoms with Crippen molar-refractivity contribution < 1.29 is 19.1 Å². The highest BCUT2D eigenvalue weighted by Gasteiger charge is 2.13. The van der Waals surface area contributed by atoms with Crippen molar-refractivity contribution in [3.63, 3.8) is 0 Å². The molecule has 1 atom stereocenters. The first-order valence-corrected chi connectivity index (χ1v) is 7.00. The van der Waals surface area contributed by atoms with E-state index in [1.54, 1.807) is 0 Å². The van der Waals surface area contributed by atoms with E-state index in [-0.39, 0.29) is 34.6 Å². The topological polar surface area (TPSA) is 78.4 Å². The number of anilines is 1. The van der Waals surface area contributed by atoms with Crippen LogP contribution >= 0.6 is 23.2 Å². The molecule has 1 unspecified atom stereocenters. The summed E-state index contributed by atoms with van der Waals surface area (Å²) in [6, 6.07) is 1.92. The molecule has 0 saturated heterocycles. The zero-order valence-corrected chi connectivity index (χ0v) is 12.8. The van der Waals surface area contributed by atoms with Crippen LogP contribution in [0.25, 0.3) is 0 Å². The number of carbonyl (C=O) groups excluding carboxylic acids is 1. The lowest BCUT2D eigenvalue weighted by Gasteiger charge is -2.14. The molecule has 1 aromatic carbocycles. The number of nitrogens with one attached hydrogen (secondary N) is 2. The summed E-state index contributed by atoms with van der Waals surface area (Å²) < 4.78 is 13.2. The van der Waals surface area contributed by atoms with Gasteiger partial charge in [-0.05, 0) is 18.1 Å². The maximum Gasteiger partial charge on any atom is 0.319 e. The lowest BCUT2D eigenvalue weighted by atomic mass is 10.0. The zero-order chi connectivity index (χ0) is 16.0. The lowest BCUT2D eigenvalue weighted by Crippen LogP contribution is -2.33. The van der Waals surface area contributed by atoms with Crippen LogP contribution in [0.1, 0.15) is 19.8 Å². The predicted molar refractivity (Wildman–Crippen MR) is 79.5 cm³/mol. The van der Waals surface area contributed by atoms with Gasteiger partial charge < -0.3 is 15.7 Å². The van der Waals surface area contributed by atoms with E-state index in [4.69, 9.17) is 28.3 Å². The van der Waals surface area contributed by atoms with Crippen LogP contribution in [-0.4, -0.2) is 23.7 Å². The summed E-state index contributed by atoms with van der Waals surface area (Å²) in [5.41, 5.74) is 0.246. The highest BCUT2D eigenvalue weighted by atomic mass is 35.5. The van der Waals surface area contributed by atoms with Gasteiger partial charge in [0.25, 0.3) is 0 Å². The molecule has 116 valence electrons. The molecule has 0 spiro atoms. The third kappa shape index (κ3) is 5.77. The van der Waals surface area contributed by atoms with Crippen molar-refractivity contribution in [3.8, 4) is 0 Å². The van der Waals surface area contributed by atoms with E-state index >= 15 is 0 Å². The Balaban J connectivity index is 2.56. The van der Waals surface area contributed by atoms with Crippen LogP contribution in [0.2, 0.25) is 10.0 Å². The molecule has 0 aliphatic rings. The summed E-state index contributed by atoms with van der Waals surface area (Å²) in [4.78, 5) is 22.3. The molecule has 2 amide bonds. The van der Waals surface area contributed by atoms with Crippen molar-refractivity contribution >= 4 is 40.9 Å². The number of carbonyl (C=O) groups is 2. The van der Waals surface area contributed by atoms with Crippen molar-refractivity contribution in [1.82, 2.24) is 5.32 Å². The first-order chi connectivity index (χ1) is 9.83. The fraction of sp³-hybridized carbons (Fsp3) is 0.385. The second-order valence-electron chi connectivity index (χ2n) is 4.46. The molecule has 0 aromatic heterocycles. The van der Waals surface area contributed by atoms with Gasteiger partial charge >= 0.3 is 12.0 Å². The molecule has 3 N–H and O–H groups in total. The molecule has 0 fully saturated rings. The van der Waals surface area contributed by atoms with Gasteiger partial charge in [-0.25, -0.2) is 9.18 Å². The number of amides is 2. The van der Waals surface area contributed by atoms with Crippen molar-refractivity contribution in [1.29, 1.82) is 0 Å².